The Kier molecular flexibility index (Phi) is 5.69. The molecule has 1 heterocycles. The van der Waals surface area contributed by atoms with Crippen LogP contribution in [0.4, 0.5) is 0 Å². The highest BCUT2D eigenvalue weighted by molar-refractivity contribution is 7.89. The number of fused-ring (bicyclic) bond motifs is 1. The Hall–Kier alpha value is -2.25. The van der Waals surface area contributed by atoms with Gasteiger partial charge in [0, 0.05) is 11.6 Å². The van der Waals surface area contributed by atoms with Gasteiger partial charge in [-0.2, -0.15) is 4.31 Å². The van der Waals surface area contributed by atoms with E-state index in [1.807, 2.05) is 49.4 Å². The van der Waals surface area contributed by atoms with Gasteiger partial charge in [-0.3, -0.25) is 0 Å². The summed E-state index contributed by atoms with van der Waals surface area (Å²) in [5, 5.41) is 1.29. The molecule has 0 spiro atoms. The predicted molar refractivity (Wildman–Crippen MR) is 119 cm³/mol. The fourth-order valence-corrected chi connectivity index (χ4v) is 5.68. The van der Waals surface area contributed by atoms with Crippen molar-refractivity contribution in [2.75, 3.05) is 0 Å². The van der Waals surface area contributed by atoms with Crippen LogP contribution in [0.3, 0.4) is 0 Å². The molecular formula is C22H19ClN2O2S2. The minimum absolute atomic E-state index is 0.172. The molecule has 7 heteroatoms. The van der Waals surface area contributed by atoms with Crippen LogP contribution in [-0.2, 0) is 23.1 Å². The molecule has 0 aliphatic carbocycles. The fraction of sp³-hybridized carbons (Fsp3) is 0.136. The van der Waals surface area contributed by atoms with Crippen molar-refractivity contribution in [3.63, 3.8) is 0 Å². The van der Waals surface area contributed by atoms with Crippen LogP contribution >= 0.6 is 22.9 Å². The smallest absolute Gasteiger partial charge is 0.240 e. The van der Waals surface area contributed by atoms with Crippen LogP contribution < -0.4 is 0 Å². The van der Waals surface area contributed by atoms with E-state index in [4.69, 9.17) is 11.6 Å². The molecule has 4 aromatic rings. The summed E-state index contributed by atoms with van der Waals surface area (Å²) in [6.07, 6.45) is 0. The number of sulfonamides is 1. The number of aryl methyl sites for hydroxylation is 1. The van der Waals surface area contributed by atoms with Crippen LogP contribution in [0.15, 0.2) is 77.7 Å². The number of nitrogens with zero attached hydrogens (tertiary/aromatic N) is 2. The van der Waals surface area contributed by atoms with Crippen LogP contribution in [0.1, 0.15) is 16.1 Å². The predicted octanol–water partition coefficient (Wildman–Crippen LogP) is 5.65. The second-order valence-corrected chi connectivity index (χ2v) is 10.2. The normalized spacial score (nSPS) is 12.0. The summed E-state index contributed by atoms with van der Waals surface area (Å²) in [5.41, 5.74) is 2.64. The summed E-state index contributed by atoms with van der Waals surface area (Å²) in [7, 11) is -3.73. The van der Waals surface area contributed by atoms with Crippen LogP contribution in [-0.4, -0.2) is 17.7 Å². The van der Waals surface area contributed by atoms with Gasteiger partial charge in [-0.15, -0.1) is 11.3 Å². The van der Waals surface area contributed by atoms with Crippen molar-refractivity contribution in [2.45, 2.75) is 24.9 Å². The molecule has 0 N–H and O–H groups in total. The standard InChI is InChI=1S/C22H19ClN2O2S2/c1-16-10-12-18(13-11-16)29(26,27)25(14-17-6-2-3-7-19(17)23)15-22-24-20-8-4-5-9-21(20)28-22/h2-13H,14-15H2,1H3. The van der Waals surface area contributed by atoms with Gasteiger partial charge in [0.25, 0.3) is 0 Å². The molecule has 0 saturated carbocycles. The third-order valence-corrected chi connectivity index (χ3v) is 7.81. The molecule has 0 amide bonds. The Morgan fingerprint density at radius 3 is 2.34 bits per heavy atom. The van der Waals surface area contributed by atoms with Crippen molar-refractivity contribution in [3.05, 3.63) is 94.0 Å². The first-order chi connectivity index (χ1) is 13.9. The number of para-hydroxylation sites is 1. The topological polar surface area (TPSA) is 50.3 Å². The molecule has 0 bridgehead atoms. The maximum atomic E-state index is 13.4. The summed E-state index contributed by atoms with van der Waals surface area (Å²) in [4.78, 5) is 4.88. The van der Waals surface area contributed by atoms with Crippen molar-refractivity contribution in [2.24, 2.45) is 0 Å². The Morgan fingerprint density at radius 2 is 1.62 bits per heavy atom. The summed E-state index contributed by atoms with van der Waals surface area (Å²) < 4.78 is 29.4. The van der Waals surface area contributed by atoms with Crippen molar-refractivity contribution in [1.29, 1.82) is 0 Å². The van der Waals surface area contributed by atoms with Crippen LogP contribution in [0.25, 0.3) is 10.2 Å². The lowest BCUT2D eigenvalue weighted by atomic mass is 10.2. The number of thiazole rings is 1. The summed E-state index contributed by atoms with van der Waals surface area (Å²) in [5.74, 6) is 0. The Morgan fingerprint density at radius 1 is 0.931 bits per heavy atom. The van der Waals surface area contributed by atoms with E-state index in [1.54, 1.807) is 30.3 Å². The first kappa shape index (κ1) is 20.0. The molecule has 3 aromatic carbocycles. The van der Waals surface area contributed by atoms with E-state index in [0.29, 0.717) is 5.02 Å². The molecule has 1 aromatic heterocycles. The molecule has 29 heavy (non-hydrogen) atoms. The van der Waals surface area contributed by atoms with E-state index in [1.165, 1.54) is 15.6 Å². The molecule has 0 atom stereocenters. The minimum atomic E-state index is -3.73. The van der Waals surface area contributed by atoms with Gasteiger partial charge in [0.1, 0.15) is 5.01 Å². The van der Waals surface area contributed by atoms with Gasteiger partial charge >= 0.3 is 0 Å². The molecule has 0 aliphatic heterocycles. The maximum Gasteiger partial charge on any atom is 0.243 e. The SMILES string of the molecule is Cc1ccc(S(=O)(=O)N(Cc2nc3ccccc3s2)Cc2ccccc2Cl)cc1. The monoisotopic (exact) mass is 442 g/mol. The van der Waals surface area contributed by atoms with Gasteiger partial charge in [-0.05, 0) is 42.8 Å². The molecule has 4 rings (SSSR count). The lowest BCUT2D eigenvalue weighted by Gasteiger charge is -2.22. The largest absolute Gasteiger partial charge is 0.243 e. The van der Waals surface area contributed by atoms with E-state index in [2.05, 4.69) is 4.98 Å². The van der Waals surface area contributed by atoms with Gasteiger partial charge in [-0.1, -0.05) is 59.6 Å². The van der Waals surface area contributed by atoms with E-state index in [9.17, 15) is 8.42 Å². The quantitative estimate of drug-likeness (QED) is 0.387. The second-order valence-electron chi connectivity index (χ2n) is 6.75. The third-order valence-electron chi connectivity index (χ3n) is 4.61. The molecular weight excluding hydrogens is 424 g/mol. The van der Waals surface area contributed by atoms with E-state index in [-0.39, 0.29) is 18.0 Å². The zero-order valence-corrected chi connectivity index (χ0v) is 18.1. The highest BCUT2D eigenvalue weighted by atomic mass is 35.5. The lowest BCUT2D eigenvalue weighted by molar-refractivity contribution is 0.401. The zero-order chi connectivity index (χ0) is 20.4. The Bertz CT molecular complexity index is 1220. The maximum absolute atomic E-state index is 13.4. The molecule has 0 aliphatic rings. The van der Waals surface area contributed by atoms with E-state index in [0.717, 1.165) is 26.4 Å². The van der Waals surface area contributed by atoms with Gasteiger partial charge in [-0.25, -0.2) is 13.4 Å². The summed E-state index contributed by atoms with van der Waals surface area (Å²) >= 11 is 7.82. The molecule has 0 saturated heterocycles. The van der Waals surface area contributed by atoms with Gasteiger partial charge in [0.2, 0.25) is 10.0 Å². The average molecular weight is 443 g/mol. The van der Waals surface area contributed by atoms with Crippen molar-refractivity contribution < 1.29 is 8.42 Å². The van der Waals surface area contributed by atoms with Gasteiger partial charge in [0.15, 0.2) is 0 Å². The molecule has 0 unspecified atom stereocenters. The highest BCUT2D eigenvalue weighted by Crippen LogP contribution is 2.28. The molecule has 148 valence electrons. The average Bonchev–Trinajstić information content (AvgIpc) is 3.12. The van der Waals surface area contributed by atoms with Gasteiger partial charge < -0.3 is 0 Å². The van der Waals surface area contributed by atoms with Crippen molar-refractivity contribution in [3.8, 4) is 0 Å². The Balaban J connectivity index is 1.73. The number of hydrogen-bond acceptors (Lipinski definition) is 4. The molecule has 0 radical (unpaired) electrons. The second kappa shape index (κ2) is 8.24. The number of halogens is 1. The van der Waals surface area contributed by atoms with E-state index < -0.39 is 10.0 Å². The number of hydrogen-bond donors (Lipinski definition) is 0. The Labute approximate surface area is 179 Å². The zero-order valence-electron chi connectivity index (χ0n) is 15.7. The van der Waals surface area contributed by atoms with Crippen molar-refractivity contribution >= 4 is 43.2 Å². The van der Waals surface area contributed by atoms with Crippen molar-refractivity contribution in [1.82, 2.24) is 9.29 Å². The number of benzene rings is 3. The number of aromatic nitrogens is 1. The molecule has 0 fully saturated rings. The van der Waals surface area contributed by atoms with Gasteiger partial charge in [0.05, 0.1) is 21.7 Å². The highest BCUT2D eigenvalue weighted by Gasteiger charge is 2.26. The van der Waals surface area contributed by atoms with Crippen LogP contribution in [0.2, 0.25) is 5.02 Å². The third kappa shape index (κ3) is 4.36. The lowest BCUT2D eigenvalue weighted by Crippen LogP contribution is -2.30. The first-order valence-corrected chi connectivity index (χ1v) is 11.7. The first-order valence-electron chi connectivity index (χ1n) is 9.08. The fourth-order valence-electron chi connectivity index (χ4n) is 3.04. The number of rotatable bonds is 6. The minimum Gasteiger partial charge on any atom is -0.240 e. The van der Waals surface area contributed by atoms with Crippen LogP contribution in [0, 0.1) is 6.92 Å². The van der Waals surface area contributed by atoms with E-state index >= 15 is 0 Å². The summed E-state index contributed by atoms with van der Waals surface area (Å²) in [6.45, 7) is 2.28. The summed E-state index contributed by atoms with van der Waals surface area (Å²) in [6, 6.07) is 22.0. The van der Waals surface area contributed by atoms with Crippen LogP contribution in [0.5, 0.6) is 0 Å². The molecule has 4 nitrogen and oxygen atoms in total.